The zero-order chi connectivity index (χ0) is 13.9. The van der Waals surface area contributed by atoms with Crippen molar-refractivity contribution in [1.82, 2.24) is 9.55 Å². The molecule has 2 heterocycles. The molecule has 98 valence electrons. The maximum Gasteiger partial charge on any atom is 0.141 e. The molecule has 4 aromatic rings. The second kappa shape index (κ2) is 3.73. The zero-order valence-electron chi connectivity index (χ0n) is 11.5. The number of para-hydroxylation sites is 1. The van der Waals surface area contributed by atoms with Crippen LogP contribution in [0.15, 0.2) is 42.5 Å². The van der Waals surface area contributed by atoms with Gasteiger partial charge in [-0.15, -0.1) is 0 Å². The van der Waals surface area contributed by atoms with Crippen LogP contribution in [0, 0.1) is 6.92 Å². The Balaban J connectivity index is 2.35. The fourth-order valence-electron chi connectivity index (χ4n) is 3.08. The lowest BCUT2D eigenvalue weighted by molar-refractivity contribution is 0.994. The topological polar surface area (TPSA) is 43.8 Å². The highest BCUT2D eigenvalue weighted by Gasteiger charge is 2.13. The van der Waals surface area contributed by atoms with E-state index in [-0.39, 0.29) is 0 Å². The lowest BCUT2D eigenvalue weighted by atomic mass is 10.0. The average molecular weight is 261 g/mol. The van der Waals surface area contributed by atoms with Gasteiger partial charge in [0.05, 0.1) is 11.0 Å². The number of pyridine rings is 1. The SMILES string of the molecule is Cc1c2cc(N)ccc2nc2c1c1ccccc1n2C. The maximum atomic E-state index is 5.92. The molecule has 0 saturated heterocycles. The van der Waals surface area contributed by atoms with E-state index in [1.165, 1.54) is 21.9 Å². The number of hydrogen-bond donors (Lipinski definition) is 1. The summed E-state index contributed by atoms with van der Waals surface area (Å²) in [5.74, 6) is 0. The van der Waals surface area contributed by atoms with Crippen LogP contribution in [0.4, 0.5) is 5.69 Å². The smallest absolute Gasteiger partial charge is 0.141 e. The highest BCUT2D eigenvalue weighted by molar-refractivity contribution is 6.12. The molecule has 0 fully saturated rings. The summed E-state index contributed by atoms with van der Waals surface area (Å²) in [6.45, 7) is 2.15. The first-order valence-electron chi connectivity index (χ1n) is 6.70. The molecule has 2 aromatic heterocycles. The fourth-order valence-corrected chi connectivity index (χ4v) is 3.08. The van der Waals surface area contributed by atoms with E-state index in [1.54, 1.807) is 0 Å². The minimum Gasteiger partial charge on any atom is -0.399 e. The van der Waals surface area contributed by atoms with Crippen LogP contribution >= 0.6 is 0 Å². The first-order valence-corrected chi connectivity index (χ1v) is 6.70. The third-order valence-electron chi connectivity index (χ3n) is 4.10. The lowest BCUT2D eigenvalue weighted by Gasteiger charge is -2.06. The van der Waals surface area contributed by atoms with E-state index in [2.05, 4.69) is 42.8 Å². The Morgan fingerprint density at radius 1 is 1.05 bits per heavy atom. The molecule has 4 rings (SSSR count). The molecule has 0 aliphatic carbocycles. The minimum atomic E-state index is 0.780. The Bertz CT molecular complexity index is 980. The van der Waals surface area contributed by atoms with E-state index in [1.807, 2.05) is 18.2 Å². The summed E-state index contributed by atoms with van der Waals surface area (Å²) >= 11 is 0. The third-order valence-corrected chi connectivity index (χ3v) is 4.10. The number of benzene rings is 2. The van der Waals surface area contributed by atoms with Gasteiger partial charge >= 0.3 is 0 Å². The Kier molecular flexibility index (Phi) is 2.11. The second-order valence-electron chi connectivity index (χ2n) is 5.29. The van der Waals surface area contributed by atoms with Gasteiger partial charge in [0.15, 0.2) is 0 Å². The van der Waals surface area contributed by atoms with Crippen LogP contribution in [0.5, 0.6) is 0 Å². The first kappa shape index (κ1) is 11.3. The zero-order valence-corrected chi connectivity index (χ0v) is 11.5. The van der Waals surface area contributed by atoms with Crippen molar-refractivity contribution in [2.75, 3.05) is 5.73 Å². The van der Waals surface area contributed by atoms with Gasteiger partial charge in [-0.25, -0.2) is 4.98 Å². The van der Waals surface area contributed by atoms with E-state index < -0.39 is 0 Å². The quantitative estimate of drug-likeness (QED) is 0.490. The summed E-state index contributed by atoms with van der Waals surface area (Å²) in [5.41, 5.74) is 11.2. The molecule has 0 saturated carbocycles. The monoisotopic (exact) mass is 261 g/mol. The second-order valence-corrected chi connectivity index (χ2v) is 5.29. The highest BCUT2D eigenvalue weighted by atomic mass is 15.0. The van der Waals surface area contributed by atoms with Gasteiger partial charge in [-0.1, -0.05) is 18.2 Å². The molecule has 0 bridgehead atoms. The van der Waals surface area contributed by atoms with Crippen molar-refractivity contribution in [2.24, 2.45) is 7.05 Å². The largest absolute Gasteiger partial charge is 0.399 e. The number of nitrogens with two attached hydrogens (primary N) is 1. The maximum absolute atomic E-state index is 5.92. The molecule has 0 radical (unpaired) electrons. The van der Waals surface area contributed by atoms with Crippen LogP contribution in [0.3, 0.4) is 0 Å². The van der Waals surface area contributed by atoms with Gasteiger partial charge in [0.2, 0.25) is 0 Å². The number of hydrogen-bond acceptors (Lipinski definition) is 2. The number of nitrogens with zero attached hydrogens (tertiary/aromatic N) is 2. The van der Waals surface area contributed by atoms with Gasteiger partial charge in [-0.3, -0.25) is 0 Å². The Morgan fingerprint density at radius 2 is 1.85 bits per heavy atom. The van der Waals surface area contributed by atoms with Gasteiger partial charge < -0.3 is 10.3 Å². The van der Waals surface area contributed by atoms with Crippen molar-refractivity contribution < 1.29 is 0 Å². The molecule has 0 amide bonds. The van der Waals surface area contributed by atoms with E-state index in [0.29, 0.717) is 0 Å². The molecule has 3 heteroatoms. The Labute approximate surface area is 116 Å². The number of aromatic nitrogens is 2. The predicted molar refractivity (Wildman–Crippen MR) is 84.9 cm³/mol. The molecule has 0 unspecified atom stereocenters. The van der Waals surface area contributed by atoms with Gasteiger partial charge in [0.25, 0.3) is 0 Å². The molecular formula is C17H15N3. The molecule has 20 heavy (non-hydrogen) atoms. The summed E-state index contributed by atoms with van der Waals surface area (Å²) < 4.78 is 2.16. The Morgan fingerprint density at radius 3 is 2.70 bits per heavy atom. The van der Waals surface area contributed by atoms with Gasteiger partial charge in [0.1, 0.15) is 5.65 Å². The van der Waals surface area contributed by atoms with E-state index in [0.717, 1.165) is 22.2 Å². The van der Waals surface area contributed by atoms with Crippen molar-refractivity contribution >= 4 is 38.5 Å². The van der Waals surface area contributed by atoms with Crippen molar-refractivity contribution in [3.63, 3.8) is 0 Å². The third kappa shape index (κ3) is 1.32. The van der Waals surface area contributed by atoms with Crippen LogP contribution in [0.1, 0.15) is 5.56 Å². The predicted octanol–water partition coefficient (Wildman–Crippen LogP) is 3.77. The molecule has 0 atom stereocenters. The molecule has 2 N–H and O–H groups in total. The van der Waals surface area contributed by atoms with Crippen molar-refractivity contribution in [3.05, 3.63) is 48.0 Å². The van der Waals surface area contributed by atoms with Crippen molar-refractivity contribution in [1.29, 1.82) is 0 Å². The average Bonchev–Trinajstić information content (AvgIpc) is 2.74. The summed E-state index contributed by atoms with van der Waals surface area (Å²) in [4.78, 5) is 4.82. The molecule has 2 aromatic carbocycles. The first-order chi connectivity index (χ1) is 9.66. The van der Waals surface area contributed by atoms with Crippen LogP contribution in [-0.4, -0.2) is 9.55 Å². The number of aryl methyl sites for hydroxylation is 2. The normalized spacial score (nSPS) is 11.7. The molecular weight excluding hydrogens is 246 g/mol. The van der Waals surface area contributed by atoms with Crippen LogP contribution in [0.2, 0.25) is 0 Å². The van der Waals surface area contributed by atoms with E-state index in [9.17, 15) is 0 Å². The highest BCUT2D eigenvalue weighted by Crippen LogP contribution is 2.33. The summed E-state index contributed by atoms with van der Waals surface area (Å²) in [7, 11) is 2.07. The van der Waals surface area contributed by atoms with Gasteiger partial charge in [0, 0.05) is 28.9 Å². The summed E-state index contributed by atoms with van der Waals surface area (Å²) in [5, 5.41) is 3.61. The van der Waals surface area contributed by atoms with Gasteiger partial charge in [-0.2, -0.15) is 0 Å². The van der Waals surface area contributed by atoms with Gasteiger partial charge in [-0.05, 0) is 36.8 Å². The number of fused-ring (bicyclic) bond motifs is 4. The molecule has 0 aliphatic heterocycles. The minimum absolute atomic E-state index is 0.780. The molecule has 0 aliphatic rings. The summed E-state index contributed by atoms with van der Waals surface area (Å²) in [6, 6.07) is 14.3. The number of anilines is 1. The lowest BCUT2D eigenvalue weighted by Crippen LogP contribution is -1.93. The summed E-state index contributed by atoms with van der Waals surface area (Å²) in [6.07, 6.45) is 0. The Hall–Kier alpha value is -2.55. The standard InChI is InChI=1S/C17H15N3/c1-10-13-9-11(18)7-8-14(13)19-17-16(10)12-5-3-4-6-15(12)20(17)2/h3-9H,18H2,1-2H3. The van der Waals surface area contributed by atoms with E-state index in [4.69, 9.17) is 10.7 Å². The fraction of sp³-hybridized carbons (Fsp3) is 0.118. The van der Waals surface area contributed by atoms with Crippen LogP contribution < -0.4 is 5.73 Å². The molecule has 3 nitrogen and oxygen atoms in total. The van der Waals surface area contributed by atoms with E-state index >= 15 is 0 Å². The van der Waals surface area contributed by atoms with Crippen LogP contribution in [0.25, 0.3) is 32.8 Å². The van der Waals surface area contributed by atoms with Crippen LogP contribution in [-0.2, 0) is 7.05 Å². The van der Waals surface area contributed by atoms with Crippen molar-refractivity contribution in [2.45, 2.75) is 6.92 Å². The van der Waals surface area contributed by atoms with Crippen molar-refractivity contribution in [3.8, 4) is 0 Å². The number of nitrogen functional groups attached to an aromatic ring is 1. The molecule has 0 spiro atoms. The number of rotatable bonds is 0.